The predicted molar refractivity (Wildman–Crippen MR) is 123 cm³/mol. The van der Waals surface area contributed by atoms with Crippen LogP contribution in [-0.2, 0) is 10.2 Å². The summed E-state index contributed by atoms with van der Waals surface area (Å²) in [6.45, 7) is 13.6. The molecule has 1 heterocycles. The Morgan fingerprint density at radius 2 is 2.00 bits per heavy atom. The third-order valence-electron chi connectivity index (χ3n) is 6.56. The van der Waals surface area contributed by atoms with E-state index in [2.05, 4.69) is 17.2 Å². The highest BCUT2D eigenvalue weighted by molar-refractivity contribution is 5.76. The number of nitrogens with zero attached hydrogens (tertiary/aromatic N) is 1. The summed E-state index contributed by atoms with van der Waals surface area (Å²) >= 11 is 0. The second-order valence-corrected chi connectivity index (χ2v) is 8.57. The van der Waals surface area contributed by atoms with Crippen LogP contribution < -0.4 is 11.5 Å². The molecule has 0 aliphatic carbocycles. The average Bonchev–Trinajstić information content (AvgIpc) is 2.68. The zero-order chi connectivity index (χ0) is 23.1. The topological polar surface area (TPSA) is 113 Å². The molecule has 6 heteroatoms. The van der Waals surface area contributed by atoms with Crippen LogP contribution in [0.25, 0.3) is 0 Å². The van der Waals surface area contributed by atoms with Gasteiger partial charge in [0.1, 0.15) is 5.75 Å². The van der Waals surface area contributed by atoms with Gasteiger partial charge < -0.3 is 21.7 Å². The van der Waals surface area contributed by atoms with Gasteiger partial charge in [0.05, 0.1) is 5.60 Å². The first-order chi connectivity index (χ1) is 14.1. The van der Waals surface area contributed by atoms with E-state index < -0.39 is 16.9 Å². The maximum absolute atomic E-state index is 12.2. The number of carbonyl (C=O) groups is 1. The van der Waals surface area contributed by atoms with E-state index in [1.165, 1.54) is 7.05 Å². The van der Waals surface area contributed by atoms with Crippen molar-refractivity contribution in [2.45, 2.75) is 76.9 Å². The quantitative estimate of drug-likeness (QED) is 0.484. The minimum Gasteiger partial charge on any atom is -0.508 e. The number of aryl methyl sites for hydroxylation is 1. The maximum atomic E-state index is 12.2. The van der Waals surface area contributed by atoms with Crippen LogP contribution in [0.15, 0.2) is 30.4 Å². The van der Waals surface area contributed by atoms with Crippen LogP contribution in [0.3, 0.4) is 0 Å². The molecule has 0 radical (unpaired) electrons. The fraction of sp³-hybridized carbons (Fsp3) is 0.625. The van der Waals surface area contributed by atoms with Gasteiger partial charge in [0, 0.05) is 24.4 Å². The lowest BCUT2D eigenvalue weighted by Crippen LogP contribution is -2.68. The largest absolute Gasteiger partial charge is 0.508 e. The van der Waals surface area contributed by atoms with Gasteiger partial charge in [-0.1, -0.05) is 25.0 Å². The second-order valence-electron chi connectivity index (χ2n) is 8.57. The van der Waals surface area contributed by atoms with Gasteiger partial charge in [-0.2, -0.15) is 0 Å². The second kappa shape index (κ2) is 10.9. The molecule has 1 amide bonds. The number of aliphatic hydroxyl groups is 1. The highest BCUT2D eigenvalue weighted by atomic mass is 16.3. The molecule has 1 aliphatic rings. The highest BCUT2D eigenvalue weighted by Crippen LogP contribution is 2.51. The Bertz CT molecular complexity index is 736. The average molecular weight is 420 g/mol. The van der Waals surface area contributed by atoms with Crippen molar-refractivity contribution in [1.82, 2.24) is 4.90 Å². The zero-order valence-corrected chi connectivity index (χ0v) is 19.4. The summed E-state index contributed by atoms with van der Waals surface area (Å²) in [6.07, 6.45) is 2.89. The normalized spacial score (nSPS) is 26.6. The number of nitrogens with two attached hydrogens (primary N) is 2. The molecule has 1 aromatic rings. The molecule has 3 unspecified atom stereocenters. The molecule has 30 heavy (non-hydrogen) atoms. The van der Waals surface area contributed by atoms with Crippen molar-refractivity contribution < 1.29 is 15.0 Å². The summed E-state index contributed by atoms with van der Waals surface area (Å²) in [4.78, 5) is 14.5. The van der Waals surface area contributed by atoms with Crippen molar-refractivity contribution in [2.75, 3.05) is 20.1 Å². The molecule has 0 spiro atoms. The summed E-state index contributed by atoms with van der Waals surface area (Å²) in [5, 5.41) is 22.3. The number of phenolic OH excluding ortho intramolecular Hbond substituents is 1. The number of piperidine rings is 1. The van der Waals surface area contributed by atoms with Crippen LogP contribution >= 0.6 is 0 Å². The van der Waals surface area contributed by atoms with Gasteiger partial charge in [-0.3, -0.25) is 9.69 Å². The first kappa shape index (κ1) is 26.1. The van der Waals surface area contributed by atoms with E-state index in [9.17, 15) is 15.0 Å². The number of amides is 1. The van der Waals surface area contributed by atoms with E-state index in [1.54, 1.807) is 12.1 Å². The number of hydrogen-bond donors (Lipinski definition) is 4. The molecule has 0 bridgehead atoms. The SMILES string of the molecule is C=C(C)CCN1CCC(CC(N)=O)(c2cc(O)ccc2C)C(O)(CCC)C1C.CN. The molecule has 0 saturated carbocycles. The highest BCUT2D eigenvalue weighted by Gasteiger charge is 2.58. The molecule has 170 valence electrons. The minimum absolute atomic E-state index is 0.0620. The van der Waals surface area contributed by atoms with E-state index >= 15 is 0 Å². The smallest absolute Gasteiger partial charge is 0.218 e. The third-order valence-corrected chi connectivity index (χ3v) is 6.56. The number of hydrogen-bond acceptors (Lipinski definition) is 5. The van der Waals surface area contributed by atoms with Gasteiger partial charge in [0.2, 0.25) is 5.91 Å². The lowest BCUT2D eigenvalue weighted by molar-refractivity contribution is -0.149. The molecular formula is C24H41N3O3. The van der Waals surface area contributed by atoms with Crippen molar-refractivity contribution in [3.05, 3.63) is 41.5 Å². The molecule has 1 saturated heterocycles. The minimum atomic E-state index is -1.14. The molecule has 6 nitrogen and oxygen atoms in total. The van der Waals surface area contributed by atoms with Gasteiger partial charge in [-0.05, 0) is 76.9 Å². The van der Waals surface area contributed by atoms with Gasteiger partial charge in [0.15, 0.2) is 0 Å². The number of phenols is 1. The fourth-order valence-electron chi connectivity index (χ4n) is 5.04. The Balaban J connectivity index is 0.00000218. The number of primary amides is 1. The molecule has 2 rings (SSSR count). The summed E-state index contributed by atoms with van der Waals surface area (Å²) in [5.74, 6) is -0.291. The van der Waals surface area contributed by atoms with Crippen LogP contribution in [0.1, 0.15) is 64.0 Å². The van der Waals surface area contributed by atoms with E-state index in [-0.39, 0.29) is 18.2 Å². The van der Waals surface area contributed by atoms with Crippen molar-refractivity contribution in [3.8, 4) is 5.75 Å². The summed E-state index contributed by atoms with van der Waals surface area (Å²) in [6, 6.07) is 5.04. The lowest BCUT2D eigenvalue weighted by atomic mass is 9.56. The van der Waals surface area contributed by atoms with Gasteiger partial charge in [0.25, 0.3) is 0 Å². The van der Waals surface area contributed by atoms with Gasteiger partial charge >= 0.3 is 0 Å². The van der Waals surface area contributed by atoms with Crippen molar-refractivity contribution in [1.29, 1.82) is 0 Å². The molecular weight excluding hydrogens is 378 g/mol. The Labute approximate surface area is 182 Å². The van der Waals surface area contributed by atoms with E-state index in [4.69, 9.17) is 5.73 Å². The monoisotopic (exact) mass is 419 g/mol. The number of aromatic hydroxyl groups is 1. The summed E-state index contributed by atoms with van der Waals surface area (Å²) in [5.41, 5.74) is 11.1. The van der Waals surface area contributed by atoms with Crippen LogP contribution in [-0.4, -0.2) is 52.8 Å². The standard InChI is InChI=1S/C23H36N2O3.CH5N/c1-6-10-23(28)18(5)25(12-9-16(2)3)13-11-22(23,15-21(24)27)20-14-19(26)8-7-17(20)4;1-2/h7-8,14,18,26,28H,2,6,9-13,15H2,1,3-5H3,(H2,24,27);2H2,1H3. The molecule has 6 N–H and O–H groups in total. The molecule has 1 aromatic carbocycles. The van der Waals surface area contributed by atoms with Gasteiger partial charge in [-0.25, -0.2) is 0 Å². The summed E-state index contributed by atoms with van der Waals surface area (Å²) < 4.78 is 0. The Morgan fingerprint density at radius 3 is 2.53 bits per heavy atom. The van der Waals surface area contributed by atoms with E-state index in [0.717, 1.165) is 42.6 Å². The number of benzene rings is 1. The lowest BCUT2D eigenvalue weighted by Gasteiger charge is -2.58. The van der Waals surface area contributed by atoms with Crippen LogP contribution in [0, 0.1) is 6.92 Å². The number of carbonyl (C=O) groups excluding carboxylic acids is 1. The first-order valence-corrected chi connectivity index (χ1v) is 10.8. The Kier molecular flexibility index (Phi) is 9.53. The first-order valence-electron chi connectivity index (χ1n) is 10.8. The zero-order valence-electron chi connectivity index (χ0n) is 19.4. The Morgan fingerprint density at radius 1 is 1.37 bits per heavy atom. The predicted octanol–water partition coefficient (Wildman–Crippen LogP) is 2.98. The molecule has 3 atom stereocenters. The van der Waals surface area contributed by atoms with E-state index in [0.29, 0.717) is 12.8 Å². The fourth-order valence-corrected chi connectivity index (χ4v) is 5.04. The maximum Gasteiger partial charge on any atom is 0.218 e. The molecule has 1 fully saturated rings. The molecule has 1 aliphatic heterocycles. The molecule has 0 aromatic heterocycles. The van der Waals surface area contributed by atoms with Crippen molar-refractivity contribution in [2.24, 2.45) is 11.5 Å². The van der Waals surface area contributed by atoms with E-state index in [1.807, 2.05) is 33.8 Å². The third kappa shape index (κ3) is 5.23. The number of likely N-dealkylation sites (tertiary alicyclic amines) is 1. The summed E-state index contributed by atoms with van der Waals surface area (Å²) in [7, 11) is 1.50. The number of rotatable bonds is 8. The van der Waals surface area contributed by atoms with Crippen molar-refractivity contribution in [3.63, 3.8) is 0 Å². The van der Waals surface area contributed by atoms with Gasteiger partial charge in [-0.15, -0.1) is 6.58 Å². The Hall–Kier alpha value is -1.89. The van der Waals surface area contributed by atoms with Crippen LogP contribution in [0.2, 0.25) is 0 Å². The van der Waals surface area contributed by atoms with Crippen LogP contribution in [0.4, 0.5) is 0 Å². The van der Waals surface area contributed by atoms with Crippen LogP contribution in [0.5, 0.6) is 5.75 Å². The van der Waals surface area contributed by atoms with Crippen molar-refractivity contribution >= 4 is 5.91 Å².